The van der Waals surface area contributed by atoms with Gasteiger partial charge in [0.05, 0.1) is 0 Å². The van der Waals surface area contributed by atoms with E-state index < -0.39 is 11.1 Å². The van der Waals surface area contributed by atoms with E-state index in [1.165, 1.54) is 0 Å². The summed E-state index contributed by atoms with van der Waals surface area (Å²) in [4.78, 5) is 30.5. The van der Waals surface area contributed by atoms with E-state index in [4.69, 9.17) is 4.74 Å². The topological polar surface area (TPSA) is 49.9 Å². The lowest BCUT2D eigenvalue weighted by Gasteiger charge is -2.47. The molecule has 0 aromatic heterocycles. The lowest BCUT2D eigenvalue weighted by Crippen LogP contribution is -2.65. The van der Waals surface area contributed by atoms with Gasteiger partial charge in [-0.05, 0) is 72.4 Å². The summed E-state index contributed by atoms with van der Waals surface area (Å²) in [6.45, 7) is 11.1. The second kappa shape index (κ2) is 7.17. The molecule has 1 unspecified atom stereocenters. The van der Waals surface area contributed by atoms with Crippen LogP contribution in [0.25, 0.3) is 0 Å². The van der Waals surface area contributed by atoms with Crippen molar-refractivity contribution in [2.75, 3.05) is 13.1 Å². The van der Waals surface area contributed by atoms with E-state index in [1.807, 2.05) is 54.8 Å². The fourth-order valence-electron chi connectivity index (χ4n) is 4.44. The highest BCUT2D eigenvalue weighted by atomic mass is 16.5. The van der Waals surface area contributed by atoms with Crippen LogP contribution in [0.3, 0.4) is 0 Å². The summed E-state index contributed by atoms with van der Waals surface area (Å²) >= 11 is 0. The molecule has 148 valence electrons. The molecule has 2 amide bonds. The first kappa shape index (κ1) is 19.7. The number of ether oxygens (including phenoxy) is 1. The van der Waals surface area contributed by atoms with E-state index in [-0.39, 0.29) is 17.9 Å². The Bertz CT molecular complexity index is 711. The number of piperidine rings is 1. The SMILES string of the molecule is Cc1ccc(OC(C)(C)C(=O)N2CCCC23CCCN(C(C)C)C3=O)cc1. The number of hydrogen-bond acceptors (Lipinski definition) is 3. The number of carbonyl (C=O) groups excluding carboxylic acids is 2. The Labute approximate surface area is 162 Å². The third kappa shape index (κ3) is 3.56. The molecule has 1 aromatic carbocycles. The fraction of sp³-hybridized carbons (Fsp3) is 0.636. The number of aryl methyl sites for hydroxylation is 1. The number of likely N-dealkylation sites (tertiary alicyclic amines) is 2. The Morgan fingerprint density at radius 1 is 1.11 bits per heavy atom. The lowest BCUT2D eigenvalue weighted by molar-refractivity contribution is -0.163. The highest BCUT2D eigenvalue weighted by Crippen LogP contribution is 2.40. The summed E-state index contributed by atoms with van der Waals surface area (Å²) in [5, 5.41) is 0. The maximum absolute atomic E-state index is 13.5. The van der Waals surface area contributed by atoms with Crippen LogP contribution in [0.4, 0.5) is 0 Å². The molecule has 5 heteroatoms. The molecule has 0 bridgehead atoms. The van der Waals surface area contributed by atoms with Crippen LogP contribution in [0, 0.1) is 6.92 Å². The van der Waals surface area contributed by atoms with Crippen LogP contribution < -0.4 is 4.74 Å². The van der Waals surface area contributed by atoms with Crippen molar-refractivity contribution in [1.82, 2.24) is 9.80 Å². The molecule has 2 aliphatic heterocycles. The number of amides is 2. The van der Waals surface area contributed by atoms with Gasteiger partial charge >= 0.3 is 0 Å². The number of carbonyl (C=O) groups is 2. The van der Waals surface area contributed by atoms with Crippen molar-refractivity contribution in [2.24, 2.45) is 0 Å². The quantitative estimate of drug-likeness (QED) is 0.812. The minimum atomic E-state index is -1.02. The largest absolute Gasteiger partial charge is 0.478 e. The Hall–Kier alpha value is -2.04. The van der Waals surface area contributed by atoms with Crippen molar-refractivity contribution in [3.05, 3.63) is 29.8 Å². The normalized spacial score (nSPS) is 23.4. The highest BCUT2D eigenvalue weighted by Gasteiger charge is 2.55. The zero-order valence-electron chi connectivity index (χ0n) is 17.2. The second-order valence-electron chi connectivity index (χ2n) is 8.71. The minimum absolute atomic E-state index is 0.0977. The average Bonchev–Trinajstić information content (AvgIpc) is 3.02. The molecule has 0 radical (unpaired) electrons. The van der Waals surface area contributed by atoms with Crippen molar-refractivity contribution < 1.29 is 14.3 Å². The van der Waals surface area contributed by atoms with E-state index in [9.17, 15) is 9.59 Å². The van der Waals surface area contributed by atoms with Crippen LogP contribution in [0.15, 0.2) is 24.3 Å². The average molecular weight is 373 g/mol. The van der Waals surface area contributed by atoms with Gasteiger partial charge in [0.2, 0.25) is 5.91 Å². The molecule has 2 saturated heterocycles. The molecule has 1 atom stereocenters. The number of benzene rings is 1. The van der Waals surface area contributed by atoms with Crippen LogP contribution in [0.2, 0.25) is 0 Å². The summed E-state index contributed by atoms with van der Waals surface area (Å²) in [5.41, 5.74) is -0.563. The second-order valence-corrected chi connectivity index (χ2v) is 8.71. The first-order chi connectivity index (χ1) is 12.7. The summed E-state index contributed by atoms with van der Waals surface area (Å²) in [5.74, 6) is 0.686. The van der Waals surface area contributed by atoms with E-state index in [1.54, 1.807) is 13.8 Å². The van der Waals surface area contributed by atoms with Crippen molar-refractivity contribution in [1.29, 1.82) is 0 Å². The van der Waals surface area contributed by atoms with E-state index in [0.29, 0.717) is 12.3 Å². The predicted octanol–water partition coefficient (Wildman–Crippen LogP) is 3.54. The first-order valence-electron chi connectivity index (χ1n) is 10.1. The summed E-state index contributed by atoms with van der Waals surface area (Å²) < 4.78 is 6.06. The van der Waals surface area contributed by atoms with Gasteiger partial charge in [-0.25, -0.2) is 0 Å². The Morgan fingerprint density at radius 3 is 2.30 bits per heavy atom. The number of hydrogen-bond donors (Lipinski definition) is 0. The van der Waals surface area contributed by atoms with E-state index >= 15 is 0 Å². The summed E-state index contributed by atoms with van der Waals surface area (Å²) in [7, 11) is 0. The van der Waals surface area contributed by atoms with Gasteiger partial charge in [-0.15, -0.1) is 0 Å². The van der Waals surface area contributed by atoms with Crippen LogP contribution >= 0.6 is 0 Å². The van der Waals surface area contributed by atoms with Gasteiger partial charge in [0.15, 0.2) is 5.60 Å². The van der Waals surface area contributed by atoms with Gasteiger partial charge in [-0.3, -0.25) is 9.59 Å². The molecular weight excluding hydrogens is 340 g/mol. The van der Waals surface area contributed by atoms with Gasteiger partial charge in [-0.1, -0.05) is 17.7 Å². The monoisotopic (exact) mass is 372 g/mol. The summed E-state index contributed by atoms with van der Waals surface area (Å²) in [6.07, 6.45) is 3.31. The van der Waals surface area contributed by atoms with Gasteiger partial charge < -0.3 is 14.5 Å². The Balaban J connectivity index is 1.84. The molecule has 2 fully saturated rings. The smallest absolute Gasteiger partial charge is 0.267 e. The predicted molar refractivity (Wildman–Crippen MR) is 106 cm³/mol. The van der Waals surface area contributed by atoms with Crippen LogP contribution in [0.1, 0.15) is 58.9 Å². The zero-order valence-corrected chi connectivity index (χ0v) is 17.2. The van der Waals surface area contributed by atoms with Crippen LogP contribution in [-0.4, -0.2) is 51.9 Å². The third-order valence-corrected chi connectivity index (χ3v) is 5.91. The Kier molecular flexibility index (Phi) is 5.24. The minimum Gasteiger partial charge on any atom is -0.478 e. The molecule has 1 aromatic rings. The van der Waals surface area contributed by atoms with E-state index in [2.05, 4.69) is 0 Å². The lowest BCUT2D eigenvalue weighted by atomic mass is 9.84. The molecule has 2 heterocycles. The summed E-state index contributed by atoms with van der Waals surface area (Å²) in [6, 6.07) is 7.87. The van der Waals surface area contributed by atoms with Crippen molar-refractivity contribution >= 4 is 11.8 Å². The fourth-order valence-corrected chi connectivity index (χ4v) is 4.44. The van der Waals surface area contributed by atoms with Crippen molar-refractivity contribution in [3.63, 3.8) is 0 Å². The highest BCUT2D eigenvalue weighted by molar-refractivity contribution is 5.95. The molecule has 0 saturated carbocycles. The molecular formula is C22H32N2O3. The molecule has 27 heavy (non-hydrogen) atoms. The molecule has 0 aliphatic carbocycles. The maximum atomic E-state index is 13.5. The van der Waals surface area contributed by atoms with E-state index in [0.717, 1.165) is 37.8 Å². The first-order valence-corrected chi connectivity index (χ1v) is 10.1. The van der Waals surface area contributed by atoms with Crippen molar-refractivity contribution in [3.8, 4) is 5.75 Å². The van der Waals surface area contributed by atoms with Gasteiger partial charge in [-0.2, -0.15) is 0 Å². The van der Waals surface area contributed by atoms with Gasteiger partial charge in [0, 0.05) is 19.1 Å². The third-order valence-electron chi connectivity index (χ3n) is 5.91. The van der Waals surface area contributed by atoms with Crippen LogP contribution in [0.5, 0.6) is 5.75 Å². The molecule has 1 spiro atoms. The van der Waals surface area contributed by atoms with Crippen LogP contribution in [-0.2, 0) is 9.59 Å². The molecule has 3 rings (SSSR count). The number of rotatable bonds is 4. The molecule has 2 aliphatic rings. The molecule has 5 nitrogen and oxygen atoms in total. The maximum Gasteiger partial charge on any atom is 0.267 e. The van der Waals surface area contributed by atoms with Gasteiger partial charge in [0.25, 0.3) is 5.91 Å². The van der Waals surface area contributed by atoms with Gasteiger partial charge in [0.1, 0.15) is 11.3 Å². The zero-order chi connectivity index (χ0) is 19.8. The Morgan fingerprint density at radius 2 is 1.70 bits per heavy atom. The molecule has 0 N–H and O–H groups in total. The van der Waals surface area contributed by atoms with Crippen molar-refractivity contribution in [2.45, 2.75) is 77.5 Å². The number of nitrogens with zero attached hydrogens (tertiary/aromatic N) is 2. The standard InChI is InChI=1S/C22H32N2O3/c1-16(2)23-14-6-12-22(20(23)26)13-7-15-24(22)19(25)21(4,5)27-18-10-8-17(3)9-11-18/h8-11,16H,6-7,12-15H2,1-5H3.